The number of methoxy groups -OCH3 is 1. The number of nitrogens with one attached hydrogen (secondary N) is 1. The van der Waals surface area contributed by atoms with Crippen molar-refractivity contribution in [3.05, 3.63) is 101 Å². The van der Waals surface area contributed by atoms with E-state index in [-0.39, 0.29) is 11.9 Å². The molecule has 0 spiro atoms. The minimum absolute atomic E-state index is 0.0452. The lowest BCUT2D eigenvalue weighted by atomic mass is 9.97. The first-order valence-electron chi connectivity index (χ1n) is 9.61. The summed E-state index contributed by atoms with van der Waals surface area (Å²) in [6.45, 7) is 4.09. The summed E-state index contributed by atoms with van der Waals surface area (Å²) in [6.07, 6.45) is 1.15. The van der Waals surface area contributed by atoms with E-state index in [0.29, 0.717) is 12.8 Å². The standard InChI is InChI=1S/C25H27NO2/c1-18-8-7-11-22(16-18)25(21-9-5-4-6-10-21)26-24(27)15-13-20-12-14-23(28-3)19(2)17-20/h4-12,14,16-17,25H,13,15H2,1-3H3,(H,26,27)/t25-/m0/s1. The zero-order valence-electron chi connectivity index (χ0n) is 16.7. The molecule has 0 fully saturated rings. The van der Waals surface area contributed by atoms with Crippen molar-refractivity contribution in [1.29, 1.82) is 0 Å². The Morgan fingerprint density at radius 1 is 0.929 bits per heavy atom. The number of amides is 1. The first-order valence-corrected chi connectivity index (χ1v) is 9.61. The van der Waals surface area contributed by atoms with Crippen molar-refractivity contribution in [3.63, 3.8) is 0 Å². The Hall–Kier alpha value is -3.07. The fourth-order valence-corrected chi connectivity index (χ4v) is 3.44. The minimum atomic E-state index is -0.147. The highest BCUT2D eigenvalue weighted by atomic mass is 16.5. The van der Waals surface area contributed by atoms with Crippen LogP contribution in [-0.4, -0.2) is 13.0 Å². The average Bonchev–Trinajstić information content (AvgIpc) is 2.71. The summed E-state index contributed by atoms with van der Waals surface area (Å²) >= 11 is 0. The third-order valence-corrected chi connectivity index (χ3v) is 4.91. The van der Waals surface area contributed by atoms with Gasteiger partial charge in [-0.25, -0.2) is 0 Å². The number of rotatable bonds is 7. The molecule has 0 saturated heterocycles. The van der Waals surface area contributed by atoms with Crippen molar-refractivity contribution in [2.75, 3.05) is 7.11 Å². The predicted octanol–water partition coefficient (Wildman–Crippen LogP) is 5.15. The molecule has 0 heterocycles. The van der Waals surface area contributed by atoms with E-state index in [4.69, 9.17) is 4.74 Å². The lowest BCUT2D eigenvalue weighted by molar-refractivity contribution is -0.121. The van der Waals surface area contributed by atoms with Gasteiger partial charge in [0.2, 0.25) is 5.91 Å². The fraction of sp³-hybridized carbons (Fsp3) is 0.240. The van der Waals surface area contributed by atoms with Gasteiger partial charge in [-0.15, -0.1) is 0 Å². The summed E-state index contributed by atoms with van der Waals surface area (Å²) < 4.78 is 5.31. The summed E-state index contributed by atoms with van der Waals surface area (Å²) in [5, 5.41) is 3.22. The van der Waals surface area contributed by atoms with Crippen molar-refractivity contribution >= 4 is 5.91 Å². The summed E-state index contributed by atoms with van der Waals surface area (Å²) in [4.78, 5) is 12.7. The molecule has 0 radical (unpaired) electrons. The van der Waals surface area contributed by atoms with Crippen molar-refractivity contribution in [3.8, 4) is 5.75 Å². The van der Waals surface area contributed by atoms with Crippen LogP contribution in [0.2, 0.25) is 0 Å². The van der Waals surface area contributed by atoms with Crippen molar-refractivity contribution in [1.82, 2.24) is 5.32 Å². The van der Waals surface area contributed by atoms with Gasteiger partial charge in [-0.3, -0.25) is 4.79 Å². The van der Waals surface area contributed by atoms with Crippen LogP contribution in [0, 0.1) is 13.8 Å². The largest absolute Gasteiger partial charge is 0.496 e. The van der Waals surface area contributed by atoms with Crippen LogP contribution in [0.15, 0.2) is 72.8 Å². The van der Waals surface area contributed by atoms with Crippen LogP contribution >= 0.6 is 0 Å². The number of carbonyl (C=O) groups is 1. The molecule has 28 heavy (non-hydrogen) atoms. The normalized spacial score (nSPS) is 11.7. The topological polar surface area (TPSA) is 38.3 Å². The van der Waals surface area contributed by atoms with Crippen LogP contribution in [0.3, 0.4) is 0 Å². The lowest BCUT2D eigenvalue weighted by Crippen LogP contribution is -2.29. The van der Waals surface area contributed by atoms with Gasteiger partial charge in [-0.2, -0.15) is 0 Å². The van der Waals surface area contributed by atoms with Crippen LogP contribution in [0.1, 0.15) is 40.3 Å². The van der Waals surface area contributed by atoms with E-state index in [1.807, 2.05) is 43.3 Å². The first kappa shape index (κ1) is 19.7. The van der Waals surface area contributed by atoms with Gasteiger partial charge in [0.15, 0.2) is 0 Å². The third-order valence-electron chi connectivity index (χ3n) is 4.91. The Morgan fingerprint density at radius 2 is 1.68 bits per heavy atom. The number of carbonyl (C=O) groups excluding carboxylic acids is 1. The summed E-state index contributed by atoms with van der Waals surface area (Å²) in [6, 6.07) is 24.3. The van der Waals surface area contributed by atoms with Crippen molar-refractivity contribution in [2.24, 2.45) is 0 Å². The zero-order valence-corrected chi connectivity index (χ0v) is 16.7. The predicted molar refractivity (Wildman–Crippen MR) is 114 cm³/mol. The number of hydrogen-bond acceptors (Lipinski definition) is 2. The lowest BCUT2D eigenvalue weighted by Gasteiger charge is -2.20. The smallest absolute Gasteiger partial charge is 0.221 e. The maximum absolute atomic E-state index is 12.7. The van der Waals surface area contributed by atoms with Gasteiger partial charge in [0, 0.05) is 6.42 Å². The highest BCUT2D eigenvalue weighted by Crippen LogP contribution is 2.23. The quantitative estimate of drug-likeness (QED) is 0.622. The van der Waals surface area contributed by atoms with Gasteiger partial charge >= 0.3 is 0 Å². The Kier molecular flexibility index (Phi) is 6.49. The molecule has 3 aromatic carbocycles. The van der Waals surface area contributed by atoms with E-state index in [1.54, 1.807) is 7.11 Å². The van der Waals surface area contributed by atoms with Crippen LogP contribution in [0.4, 0.5) is 0 Å². The van der Waals surface area contributed by atoms with Gasteiger partial charge < -0.3 is 10.1 Å². The molecule has 0 aromatic heterocycles. The van der Waals surface area contributed by atoms with E-state index in [2.05, 4.69) is 48.6 Å². The highest BCUT2D eigenvalue weighted by molar-refractivity contribution is 5.77. The second-order valence-electron chi connectivity index (χ2n) is 7.13. The summed E-state index contributed by atoms with van der Waals surface area (Å²) in [5.74, 6) is 0.917. The van der Waals surface area contributed by atoms with Crippen LogP contribution in [-0.2, 0) is 11.2 Å². The van der Waals surface area contributed by atoms with E-state index < -0.39 is 0 Å². The Balaban J connectivity index is 1.72. The number of hydrogen-bond donors (Lipinski definition) is 1. The second kappa shape index (κ2) is 9.23. The van der Waals surface area contributed by atoms with E-state index in [0.717, 1.165) is 28.0 Å². The van der Waals surface area contributed by atoms with E-state index in [1.165, 1.54) is 5.56 Å². The third kappa shape index (κ3) is 5.01. The fourth-order valence-electron chi connectivity index (χ4n) is 3.44. The van der Waals surface area contributed by atoms with Crippen molar-refractivity contribution < 1.29 is 9.53 Å². The van der Waals surface area contributed by atoms with Crippen LogP contribution < -0.4 is 10.1 Å². The van der Waals surface area contributed by atoms with Gasteiger partial charge in [0.1, 0.15) is 5.75 Å². The molecule has 144 valence electrons. The van der Waals surface area contributed by atoms with E-state index >= 15 is 0 Å². The molecule has 0 bridgehead atoms. The molecule has 0 aliphatic rings. The monoisotopic (exact) mass is 373 g/mol. The average molecular weight is 373 g/mol. The number of ether oxygens (including phenoxy) is 1. The van der Waals surface area contributed by atoms with Crippen LogP contribution in [0.25, 0.3) is 0 Å². The molecule has 0 aliphatic heterocycles. The summed E-state index contributed by atoms with van der Waals surface area (Å²) in [7, 11) is 1.67. The highest BCUT2D eigenvalue weighted by Gasteiger charge is 2.17. The molecular weight excluding hydrogens is 346 g/mol. The second-order valence-corrected chi connectivity index (χ2v) is 7.13. The molecule has 3 heteroatoms. The van der Waals surface area contributed by atoms with Gasteiger partial charge in [0.05, 0.1) is 13.2 Å². The molecule has 1 amide bonds. The summed E-state index contributed by atoms with van der Waals surface area (Å²) in [5.41, 5.74) is 5.59. The molecule has 0 saturated carbocycles. The molecule has 3 rings (SSSR count). The first-order chi connectivity index (χ1) is 13.6. The number of aryl methyl sites for hydroxylation is 3. The molecule has 0 unspecified atom stereocenters. The molecule has 1 atom stereocenters. The Morgan fingerprint density at radius 3 is 2.36 bits per heavy atom. The maximum atomic E-state index is 12.7. The zero-order chi connectivity index (χ0) is 19.9. The molecular formula is C25H27NO2. The maximum Gasteiger partial charge on any atom is 0.221 e. The van der Waals surface area contributed by atoms with E-state index in [9.17, 15) is 4.79 Å². The molecule has 3 nitrogen and oxygen atoms in total. The Labute approximate surface area is 167 Å². The van der Waals surface area contributed by atoms with Gasteiger partial charge in [-0.05, 0) is 48.6 Å². The molecule has 3 aromatic rings. The number of benzene rings is 3. The Bertz CT molecular complexity index is 934. The molecule has 0 aliphatic carbocycles. The van der Waals surface area contributed by atoms with Gasteiger partial charge in [-0.1, -0.05) is 72.3 Å². The SMILES string of the molecule is COc1ccc(CCC(=O)N[C@@H](c2ccccc2)c2cccc(C)c2)cc1C. The minimum Gasteiger partial charge on any atom is -0.496 e. The molecule has 1 N–H and O–H groups in total. The van der Waals surface area contributed by atoms with Crippen molar-refractivity contribution in [2.45, 2.75) is 32.7 Å². The van der Waals surface area contributed by atoms with Crippen LogP contribution in [0.5, 0.6) is 5.75 Å². The van der Waals surface area contributed by atoms with Gasteiger partial charge in [0.25, 0.3) is 0 Å².